The lowest BCUT2D eigenvalue weighted by molar-refractivity contribution is 0.324. The summed E-state index contributed by atoms with van der Waals surface area (Å²) in [6, 6.07) is 21.4. The molecule has 5 rings (SSSR count). The average molecular weight is 605 g/mol. The van der Waals surface area contributed by atoms with Gasteiger partial charge in [0.2, 0.25) is 0 Å². The Kier molecular flexibility index (Phi) is 8.81. The van der Waals surface area contributed by atoms with E-state index in [1.165, 1.54) is 12.0 Å². The van der Waals surface area contributed by atoms with Crippen LogP contribution in [0.4, 0.5) is 5.69 Å². The van der Waals surface area contributed by atoms with Gasteiger partial charge in [0.05, 0.1) is 22.5 Å². The molecule has 0 spiro atoms. The molecule has 1 aliphatic rings. The minimum absolute atomic E-state index is 0.178. The summed E-state index contributed by atoms with van der Waals surface area (Å²) in [6.07, 6.45) is 9.18. The maximum atomic E-state index is 12.6. The first kappa shape index (κ1) is 27.6. The minimum atomic E-state index is -1.37. The van der Waals surface area contributed by atoms with Crippen molar-refractivity contribution in [3.05, 3.63) is 82.1 Å². The number of pyridine rings is 1. The monoisotopic (exact) mass is 603 g/mol. The van der Waals surface area contributed by atoms with Crippen molar-refractivity contribution in [1.82, 2.24) is 14.3 Å². The van der Waals surface area contributed by atoms with Crippen LogP contribution < -0.4 is 9.44 Å². The lowest BCUT2D eigenvalue weighted by Crippen LogP contribution is -2.31. The van der Waals surface area contributed by atoms with Gasteiger partial charge in [0.25, 0.3) is 0 Å². The van der Waals surface area contributed by atoms with Crippen LogP contribution in [0.25, 0.3) is 22.2 Å². The number of halogens is 1. The number of benzene rings is 2. The SMILES string of the molecule is CCCC[C@H](C)NS(=O)Nc1ccc(-c2c(C#N)c3ccc(Cc4ncccc4Br)cc3n2C2CCC2)cc1. The van der Waals surface area contributed by atoms with Crippen molar-refractivity contribution < 1.29 is 4.21 Å². The molecule has 6 nitrogen and oxygen atoms in total. The topological polar surface area (TPSA) is 82.7 Å². The quantitative estimate of drug-likeness (QED) is 0.183. The third kappa shape index (κ3) is 6.11. The van der Waals surface area contributed by atoms with Crippen LogP contribution in [0.1, 0.15) is 75.2 Å². The Morgan fingerprint density at radius 1 is 1.21 bits per heavy atom. The molecule has 202 valence electrons. The molecule has 0 aliphatic heterocycles. The van der Waals surface area contributed by atoms with Gasteiger partial charge in [0.15, 0.2) is 11.2 Å². The second kappa shape index (κ2) is 12.5. The predicted octanol–water partition coefficient (Wildman–Crippen LogP) is 7.81. The van der Waals surface area contributed by atoms with E-state index in [9.17, 15) is 9.47 Å². The first-order valence-electron chi connectivity index (χ1n) is 13.7. The van der Waals surface area contributed by atoms with E-state index < -0.39 is 11.2 Å². The summed E-state index contributed by atoms with van der Waals surface area (Å²) in [4.78, 5) is 4.54. The number of fused-ring (bicyclic) bond motifs is 1. The van der Waals surface area contributed by atoms with Crippen molar-refractivity contribution >= 4 is 43.7 Å². The molecule has 2 aromatic carbocycles. The van der Waals surface area contributed by atoms with Crippen LogP contribution in [0.15, 0.2) is 65.3 Å². The Morgan fingerprint density at radius 3 is 2.67 bits per heavy atom. The second-order valence-electron chi connectivity index (χ2n) is 10.4. The molecule has 2 atom stereocenters. The molecule has 0 radical (unpaired) electrons. The smallest absolute Gasteiger partial charge is 0.193 e. The normalized spacial score (nSPS) is 15.0. The molecule has 0 bridgehead atoms. The van der Waals surface area contributed by atoms with Gasteiger partial charge in [-0.25, -0.2) is 8.93 Å². The Morgan fingerprint density at radius 2 is 2.00 bits per heavy atom. The summed E-state index contributed by atoms with van der Waals surface area (Å²) in [7, 11) is 0. The highest BCUT2D eigenvalue weighted by atomic mass is 79.9. The van der Waals surface area contributed by atoms with E-state index in [1.54, 1.807) is 0 Å². The number of hydrogen-bond donors (Lipinski definition) is 2. The molecule has 39 heavy (non-hydrogen) atoms. The largest absolute Gasteiger partial charge is 0.336 e. The number of nitrogens with zero attached hydrogens (tertiary/aromatic N) is 3. The maximum Gasteiger partial charge on any atom is 0.193 e. The van der Waals surface area contributed by atoms with E-state index in [-0.39, 0.29) is 6.04 Å². The number of anilines is 1. The molecule has 1 aliphatic carbocycles. The van der Waals surface area contributed by atoms with Gasteiger partial charge in [0, 0.05) is 40.2 Å². The fraction of sp³-hybridized carbons (Fsp3) is 0.355. The molecule has 1 unspecified atom stereocenters. The molecular formula is C31H34BrN5OS. The van der Waals surface area contributed by atoms with Crippen molar-refractivity contribution in [2.45, 2.75) is 70.9 Å². The molecule has 2 heterocycles. The zero-order valence-electron chi connectivity index (χ0n) is 22.4. The number of rotatable bonds is 11. The average Bonchev–Trinajstić information content (AvgIpc) is 3.21. The number of unbranched alkanes of at least 4 members (excludes halogenated alkanes) is 1. The lowest BCUT2D eigenvalue weighted by atomic mass is 9.92. The van der Waals surface area contributed by atoms with Crippen LogP contribution >= 0.6 is 15.9 Å². The molecule has 4 aromatic rings. The fourth-order valence-corrected chi connectivity index (χ4v) is 6.50. The number of aromatic nitrogens is 2. The number of nitrogens with one attached hydrogen (secondary N) is 2. The summed E-state index contributed by atoms with van der Waals surface area (Å²) in [6.45, 7) is 4.22. The minimum Gasteiger partial charge on any atom is -0.336 e. The molecule has 8 heteroatoms. The zero-order valence-corrected chi connectivity index (χ0v) is 24.8. The molecule has 2 N–H and O–H groups in total. The third-order valence-electron chi connectivity index (χ3n) is 7.49. The van der Waals surface area contributed by atoms with E-state index in [4.69, 9.17) is 0 Å². The highest BCUT2D eigenvalue weighted by Crippen LogP contribution is 2.43. The van der Waals surface area contributed by atoms with E-state index >= 15 is 0 Å². The van der Waals surface area contributed by atoms with Crippen molar-refractivity contribution in [3.8, 4) is 17.3 Å². The van der Waals surface area contributed by atoms with Crippen LogP contribution in [0, 0.1) is 11.3 Å². The molecule has 0 amide bonds. The van der Waals surface area contributed by atoms with Gasteiger partial charge in [0.1, 0.15) is 6.07 Å². The van der Waals surface area contributed by atoms with Gasteiger partial charge in [-0.1, -0.05) is 44.0 Å². The fourth-order valence-electron chi connectivity index (χ4n) is 5.21. The molecular weight excluding hydrogens is 570 g/mol. The molecule has 1 fully saturated rings. The molecule has 1 saturated carbocycles. The number of nitriles is 1. The highest BCUT2D eigenvalue weighted by molar-refractivity contribution is 9.10. The first-order chi connectivity index (χ1) is 19.0. The van der Waals surface area contributed by atoms with Crippen molar-refractivity contribution in [3.63, 3.8) is 0 Å². The van der Waals surface area contributed by atoms with Crippen molar-refractivity contribution in [2.75, 3.05) is 4.72 Å². The zero-order chi connectivity index (χ0) is 27.4. The van der Waals surface area contributed by atoms with Gasteiger partial charge in [-0.15, -0.1) is 0 Å². The summed E-state index contributed by atoms with van der Waals surface area (Å²) in [5.41, 5.74) is 6.70. The Balaban J connectivity index is 1.46. The van der Waals surface area contributed by atoms with Gasteiger partial charge in [-0.2, -0.15) is 5.26 Å². The molecule has 2 aromatic heterocycles. The van der Waals surface area contributed by atoms with Crippen LogP contribution in [-0.4, -0.2) is 19.8 Å². The third-order valence-corrected chi connectivity index (χ3v) is 9.25. The summed E-state index contributed by atoms with van der Waals surface area (Å²) in [5.74, 6) is 0. The second-order valence-corrected chi connectivity index (χ2v) is 12.2. The van der Waals surface area contributed by atoms with Crippen LogP contribution in [0.5, 0.6) is 0 Å². The Bertz CT molecular complexity index is 1520. The van der Waals surface area contributed by atoms with E-state index in [2.05, 4.69) is 73.0 Å². The predicted molar refractivity (Wildman–Crippen MR) is 164 cm³/mol. The summed E-state index contributed by atoms with van der Waals surface area (Å²) >= 11 is 2.26. The maximum absolute atomic E-state index is 12.6. The van der Waals surface area contributed by atoms with Crippen LogP contribution in [0.2, 0.25) is 0 Å². The van der Waals surface area contributed by atoms with Crippen LogP contribution in [-0.2, 0) is 17.6 Å². The summed E-state index contributed by atoms with van der Waals surface area (Å²) in [5, 5.41) is 11.3. The standard InChI is InChI=1S/C31H34BrN5OS/c1-3-4-7-21(2)35-39(38)36-24-14-12-23(13-15-24)31-27(20-33)26-16-11-22(18-29-28(32)10-6-17-34-29)19-30(26)37(31)25-8-5-9-25/h6,10-17,19,21,25,35-36H,3-5,7-9,18H2,1-2H3/t21-,39?/m0/s1. The van der Waals surface area contributed by atoms with E-state index in [0.29, 0.717) is 18.0 Å². The Hall–Kier alpha value is -2.99. The lowest BCUT2D eigenvalue weighted by Gasteiger charge is -2.30. The van der Waals surface area contributed by atoms with E-state index in [1.807, 2.05) is 42.6 Å². The van der Waals surface area contributed by atoms with Gasteiger partial charge in [-0.3, -0.25) is 9.71 Å². The molecule has 0 saturated heterocycles. The Labute approximate surface area is 241 Å². The first-order valence-corrected chi connectivity index (χ1v) is 15.6. The van der Waals surface area contributed by atoms with Crippen LogP contribution in [0.3, 0.4) is 0 Å². The van der Waals surface area contributed by atoms with E-state index in [0.717, 1.165) is 70.1 Å². The van der Waals surface area contributed by atoms with Crippen molar-refractivity contribution in [2.24, 2.45) is 0 Å². The van der Waals surface area contributed by atoms with Gasteiger partial charge < -0.3 is 4.57 Å². The highest BCUT2D eigenvalue weighted by Gasteiger charge is 2.28. The van der Waals surface area contributed by atoms with Crippen molar-refractivity contribution in [1.29, 1.82) is 5.26 Å². The summed E-state index contributed by atoms with van der Waals surface area (Å²) < 4.78 is 22.1. The number of hydrogen-bond acceptors (Lipinski definition) is 3. The van der Waals surface area contributed by atoms with Gasteiger partial charge >= 0.3 is 0 Å². The van der Waals surface area contributed by atoms with Gasteiger partial charge in [-0.05, 0) is 90.0 Å².